The van der Waals surface area contributed by atoms with Crippen LogP contribution in [0.3, 0.4) is 0 Å². The molecule has 0 bridgehead atoms. The van der Waals surface area contributed by atoms with Gasteiger partial charge in [0.05, 0.1) is 17.6 Å². The summed E-state index contributed by atoms with van der Waals surface area (Å²) in [4.78, 5) is 22.5. The molecule has 2 rings (SSSR count). The Hall–Kier alpha value is -1.96. The topological polar surface area (TPSA) is 116 Å². The van der Waals surface area contributed by atoms with Crippen molar-refractivity contribution in [1.82, 2.24) is 10.9 Å². The highest BCUT2D eigenvalue weighted by atomic mass is 16.4. The Balaban J connectivity index is 2.00. The first-order chi connectivity index (χ1) is 8.58. The van der Waals surface area contributed by atoms with Gasteiger partial charge in [-0.1, -0.05) is 0 Å². The molecular weight excluding hydrogens is 236 g/mol. The van der Waals surface area contributed by atoms with Crippen LogP contribution in [0.1, 0.15) is 10.4 Å². The molecule has 2 atom stereocenters. The number of nitrogens with two attached hydrogens (primary N) is 1. The van der Waals surface area contributed by atoms with Crippen molar-refractivity contribution in [2.24, 2.45) is 11.7 Å². The zero-order chi connectivity index (χ0) is 13.1. The molecule has 96 valence electrons. The molecule has 1 fully saturated rings. The van der Waals surface area contributed by atoms with Gasteiger partial charge in [0.2, 0.25) is 5.91 Å². The van der Waals surface area contributed by atoms with E-state index in [-0.39, 0.29) is 17.4 Å². The van der Waals surface area contributed by atoms with Crippen LogP contribution in [0.15, 0.2) is 24.3 Å². The second kappa shape index (κ2) is 5.13. The summed E-state index contributed by atoms with van der Waals surface area (Å²) in [6.45, 7) is 0.459. The van der Waals surface area contributed by atoms with Gasteiger partial charge in [0.25, 0.3) is 0 Å². The highest BCUT2D eigenvalue weighted by Gasteiger charge is 2.29. The number of carboxylic acids is 1. The van der Waals surface area contributed by atoms with Crippen LogP contribution in [0.4, 0.5) is 5.69 Å². The van der Waals surface area contributed by atoms with E-state index in [0.29, 0.717) is 12.2 Å². The number of hydrogen-bond donors (Lipinski definition) is 5. The van der Waals surface area contributed by atoms with E-state index in [1.807, 2.05) is 0 Å². The Morgan fingerprint density at radius 1 is 1.33 bits per heavy atom. The fourth-order valence-corrected chi connectivity index (χ4v) is 1.70. The monoisotopic (exact) mass is 250 g/mol. The zero-order valence-corrected chi connectivity index (χ0v) is 9.51. The highest BCUT2D eigenvalue weighted by molar-refractivity contribution is 5.94. The summed E-state index contributed by atoms with van der Waals surface area (Å²) in [5, 5.41) is 11.4. The molecule has 0 aromatic heterocycles. The number of hydrogen-bond acceptors (Lipinski definition) is 5. The normalized spacial score (nSPS) is 22.7. The van der Waals surface area contributed by atoms with Gasteiger partial charge in [-0.25, -0.2) is 10.2 Å². The van der Waals surface area contributed by atoms with Crippen LogP contribution in [0.5, 0.6) is 0 Å². The molecular formula is C11H14N4O3. The van der Waals surface area contributed by atoms with Crippen molar-refractivity contribution >= 4 is 17.6 Å². The van der Waals surface area contributed by atoms with E-state index in [9.17, 15) is 9.59 Å². The minimum atomic E-state index is -1.00. The van der Waals surface area contributed by atoms with Crippen molar-refractivity contribution in [2.45, 2.75) is 6.17 Å². The predicted octanol–water partition coefficient (Wildman–Crippen LogP) is -0.668. The quantitative estimate of drug-likeness (QED) is 0.486. The van der Waals surface area contributed by atoms with Crippen LogP contribution in [-0.2, 0) is 4.79 Å². The molecule has 1 heterocycles. The van der Waals surface area contributed by atoms with Gasteiger partial charge in [-0.05, 0) is 24.3 Å². The molecule has 1 aliphatic heterocycles. The first-order valence-corrected chi connectivity index (χ1v) is 5.46. The van der Waals surface area contributed by atoms with E-state index in [4.69, 9.17) is 10.8 Å². The van der Waals surface area contributed by atoms with Gasteiger partial charge >= 0.3 is 5.97 Å². The van der Waals surface area contributed by atoms with Gasteiger partial charge < -0.3 is 16.2 Å². The standard InChI is InChI=1S/C11H14N4O3/c12-9-8(5-13-15-9)10(16)14-7-3-1-6(2-4-7)11(17)18/h1-4,8-9,13,15H,5,12H2,(H,14,16)(H,17,18). The number of anilines is 1. The van der Waals surface area contributed by atoms with Crippen molar-refractivity contribution in [1.29, 1.82) is 0 Å². The van der Waals surface area contributed by atoms with Gasteiger partial charge in [-0.15, -0.1) is 0 Å². The lowest BCUT2D eigenvalue weighted by atomic mass is 10.1. The number of hydrazine groups is 1. The lowest BCUT2D eigenvalue weighted by molar-refractivity contribution is -0.119. The molecule has 2 unspecified atom stereocenters. The Bertz CT molecular complexity index is 460. The number of nitrogens with one attached hydrogen (secondary N) is 3. The van der Waals surface area contributed by atoms with Crippen LogP contribution < -0.4 is 21.9 Å². The molecule has 0 saturated carbocycles. The number of carbonyl (C=O) groups excluding carboxylic acids is 1. The summed E-state index contributed by atoms with van der Waals surface area (Å²) in [6.07, 6.45) is -0.428. The lowest BCUT2D eigenvalue weighted by Crippen LogP contribution is -2.43. The van der Waals surface area contributed by atoms with E-state index in [1.54, 1.807) is 12.1 Å². The van der Waals surface area contributed by atoms with E-state index in [1.165, 1.54) is 12.1 Å². The fourth-order valence-electron chi connectivity index (χ4n) is 1.70. The van der Waals surface area contributed by atoms with Gasteiger partial charge in [-0.3, -0.25) is 10.2 Å². The largest absolute Gasteiger partial charge is 0.478 e. The molecule has 1 aromatic carbocycles. The number of amides is 1. The smallest absolute Gasteiger partial charge is 0.335 e. The van der Waals surface area contributed by atoms with Crippen molar-refractivity contribution in [3.8, 4) is 0 Å². The van der Waals surface area contributed by atoms with Crippen molar-refractivity contribution in [3.63, 3.8) is 0 Å². The average molecular weight is 250 g/mol. The Morgan fingerprint density at radius 2 is 2.00 bits per heavy atom. The highest BCUT2D eigenvalue weighted by Crippen LogP contribution is 2.12. The van der Waals surface area contributed by atoms with E-state index >= 15 is 0 Å². The maximum Gasteiger partial charge on any atom is 0.335 e. The van der Waals surface area contributed by atoms with Crippen LogP contribution in [0, 0.1) is 5.92 Å². The van der Waals surface area contributed by atoms with Gasteiger partial charge in [0, 0.05) is 12.2 Å². The third-order valence-corrected chi connectivity index (χ3v) is 2.76. The number of rotatable bonds is 3. The first-order valence-electron chi connectivity index (χ1n) is 5.46. The summed E-state index contributed by atoms with van der Waals surface area (Å²) in [6, 6.07) is 5.96. The van der Waals surface area contributed by atoms with Gasteiger partial charge in [0.15, 0.2) is 0 Å². The Morgan fingerprint density at radius 3 is 2.50 bits per heavy atom. The summed E-state index contributed by atoms with van der Waals surface area (Å²) in [7, 11) is 0. The van der Waals surface area contributed by atoms with Crippen LogP contribution in [0.25, 0.3) is 0 Å². The number of carbonyl (C=O) groups is 2. The third-order valence-electron chi connectivity index (χ3n) is 2.76. The predicted molar refractivity (Wildman–Crippen MR) is 64.6 cm³/mol. The van der Waals surface area contributed by atoms with E-state index < -0.39 is 12.1 Å². The molecule has 1 amide bonds. The van der Waals surface area contributed by atoms with Crippen LogP contribution >= 0.6 is 0 Å². The first kappa shape index (κ1) is 12.5. The van der Waals surface area contributed by atoms with E-state index in [0.717, 1.165) is 0 Å². The minimum absolute atomic E-state index is 0.175. The van der Waals surface area contributed by atoms with Crippen LogP contribution in [0.2, 0.25) is 0 Å². The van der Waals surface area contributed by atoms with Crippen molar-refractivity contribution < 1.29 is 14.7 Å². The van der Waals surface area contributed by atoms with Gasteiger partial charge in [0.1, 0.15) is 0 Å². The molecule has 1 aliphatic rings. The molecule has 1 saturated heterocycles. The second-order valence-corrected chi connectivity index (χ2v) is 4.03. The summed E-state index contributed by atoms with van der Waals surface area (Å²) < 4.78 is 0. The summed E-state index contributed by atoms with van der Waals surface area (Å²) in [5.74, 6) is -1.56. The van der Waals surface area contributed by atoms with Gasteiger partial charge in [-0.2, -0.15) is 0 Å². The molecule has 1 aromatic rings. The maximum absolute atomic E-state index is 11.9. The van der Waals surface area contributed by atoms with Crippen molar-refractivity contribution in [2.75, 3.05) is 11.9 Å². The number of carboxylic acid groups (broad SMARTS) is 1. The molecule has 7 nitrogen and oxygen atoms in total. The number of aromatic carboxylic acids is 1. The molecule has 0 radical (unpaired) electrons. The SMILES string of the molecule is NC1NNCC1C(=O)Nc1ccc(C(=O)O)cc1. The molecule has 18 heavy (non-hydrogen) atoms. The van der Waals surface area contributed by atoms with Crippen LogP contribution in [-0.4, -0.2) is 29.7 Å². The molecule has 0 spiro atoms. The van der Waals surface area contributed by atoms with E-state index in [2.05, 4.69) is 16.2 Å². The minimum Gasteiger partial charge on any atom is -0.478 e. The Kier molecular flexibility index (Phi) is 3.56. The lowest BCUT2D eigenvalue weighted by Gasteiger charge is -2.13. The second-order valence-electron chi connectivity index (χ2n) is 4.03. The fraction of sp³-hybridized carbons (Fsp3) is 0.273. The number of benzene rings is 1. The zero-order valence-electron chi connectivity index (χ0n) is 9.51. The molecule has 7 heteroatoms. The molecule has 6 N–H and O–H groups in total. The molecule has 0 aliphatic carbocycles. The summed E-state index contributed by atoms with van der Waals surface area (Å²) in [5.41, 5.74) is 12.0. The Labute approximate surface area is 103 Å². The van der Waals surface area contributed by atoms with Crippen molar-refractivity contribution in [3.05, 3.63) is 29.8 Å². The third kappa shape index (κ3) is 2.65. The average Bonchev–Trinajstić information content (AvgIpc) is 2.76. The maximum atomic E-state index is 11.9. The summed E-state index contributed by atoms with van der Waals surface area (Å²) >= 11 is 0.